The number of hydrogen-bond acceptors (Lipinski definition) is 3. The standard InChI is InChI=1S/C12H13ClN2O3/c1-7(16)15(17)6-8-5-14-9-3-4-10(18-2)12(13)11(8)9/h3-5,14,17H,6H2,1-2H3. The fourth-order valence-electron chi connectivity index (χ4n) is 1.78. The van der Waals surface area contributed by atoms with Crippen LogP contribution in [0.2, 0.25) is 5.02 Å². The van der Waals surface area contributed by atoms with E-state index in [0.29, 0.717) is 15.8 Å². The highest BCUT2D eigenvalue weighted by Crippen LogP contribution is 2.34. The number of methoxy groups -OCH3 is 1. The average Bonchev–Trinajstić information content (AvgIpc) is 2.73. The van der Waals surface area contributed by atoms with Crippen LogP contribution in [0, 0.1) is 0 Å². The van der Waals surface area contributed by atoms with Gasteiger partial charge in [0.1, 0.15) is 5.75 Å². The van der Waals surface area contributed by atoms with E-state index in [4.69, 9.17) is 16.3 Å². The van der Waals surface area contributed by atoms with Crippen LogP contribution in [0.25, 0.3) is 10.9 Å². The van der Waals surface area contributed by atoms with E-state index in [-0.39, 0.29) is 6.54 Å². The number of amides is 1. The molecular formula is C12H13ClN2O3. The fraction of sp³-hybridized carbons (Fsp3) is 0.250. The summed E-state index contributed by atoms with van der Waals surface area (Å²) in [5.41, 5.74) is 1.55. The molecule has 0 saturated heterocycles. The van der Waals surface area contributed by atoms with Crippen molar-refractivity contribution >= 4 is 28.4 Å². The summed E-state index contributed by atoms with van der Waals surface area (Å²) in [6.45, 7) is 1.36. The Morgan fingerprint density at radius 1 is 1.56 bits per heavy atom. The van der Waals surface area contributed by atoms with Crippen LogP contribution in [0.3, 0.4) is 0 Å². The molecule has 0 spiro atoms. The lowest BCUT2D eigenvalue weighted by Gasteiger charge is -2.12. The largest absolute Gasteiger partial charge is 0.495 e. The van der Waals surface area contributed by atoms with E-state index in [1.165, 1.54) is 14.0 Å². The van der Waals surface area contributed by atoms with Gasteiger partial charge in [-0.2, -0.15) is 0 Å². The number of carbonyl (C=O) groups is 1. The number of hydroxylamine groups is 2. The summed E-state index contributed by atoms with van der Waals surface area (Å²) < 4.78 is 5.14. The molecule has 0 fully saturated rings. The quantitative estimate of drug-likeness (QED) is 0.664. The molecule has 2 N–H and O–H groups in total. The molecule has 1 aromatic carbocycles. The Balaban J connectivity index is 2.49. The molecule has 0 bridgehead atoms. The van der Waals surface area contributed by atoms with Gasteiger partial charge in [-0.3, -0.25) is 10.0 Å². The molecule has 0 aliphatic heterocycles. The smallest absolute Gasteiger partial charge is 0.243 e. The van der Waals surface area contributed by atoms with Crippen molar-refractivity contribution in [2.75, 3.05) is 7.11 Å². The average molecular weight is 269 g/mol. The number of nitrogens with zero attached hydrogens (tertiary/aromatic N) is 1. The van der Waals surface area contributed by atoms with Gasteiger partial charge in [0, 0.05) is 29.6 Å². The van der Waals surface area contributed by atoms with E-state index >= 15 is 0 Å². The second-order valence-corrected chi connectivity index (χ2v) is 4.27. The van der Waals surface area contributed by atoms with E-state index in [0.717, 1.165) is 16.5 Å². The molecule has 0 unspecified atom stereocenters. The number of aromatic nitrogens is 1. The molecule has 0 atom stereocenters. The summed E-state index contributed by atoms with van der Waals surface area (Å²) in [5, 5.41) is 11.3. The van der Waals surface area contributed by atoms with Crippen molar-refractivity contribution in [2.45, 2.75) is 13.5 Å². The SMILES string of the molecule is COc1ccc2[nH]cc(CN(O)C(C)=O)c2c1Cl. The van der Waals surface area contributed by atoms with Crippen LogP contribution in [-0.4, -0.2) is 28.3 Å². The predicted octanol–water partition coefficient (Wildman–Crippen LogP) is 2.57. The lowest BCUT2D eigenvalue weighted by Crippen LogP contribution is -2.23. The van der Waals surface area contributed by atoms with Crippen LogP contribution in [0.4, 0.5) is 0 Å². The number of fused-ring (bicyclic) bond motifs is 1. The van der Waals surface area contributed by atoms with Crippen LogP contribution in [0.15, 0.2) is 18.3 Å². The Morgan fingerprint density at radius 2 is 2.28 bits per heavy atom. The molecule has 6 heteroatoms. The molecule has 1 heterocycles. The summed E-state index contributed by atoms with van der Waals surface area (Å²) in [5.74, 6) is 0.126. The molecule has 0 aliphatic rings. The minimum atomic E-state index is -0.427. The number of halogens is 1. The number of H-pyrrole nitrogens is 1. The van der Waals surface area contributed by atoms with Crippen molar-refractivity contribution in [1.29, 1.82) is 0 Å². The third-order valence-corrected chi connectivity index (χ3v) is 3.11. The Bertz CT molecular complexity index is 594. The summed E-state index contributed by atoms with van der Waals surface area (Å²) in [6, 6.07) is 3.59. The summed E-state index contributed by atoms with van der Waals surface area (Å²) in [6.07, 6.45) is 1.71. The fourth-order valence-corrected chi connectivity index (χ4v) is 2.15. The number of rotatable bonds is 3. The number of nitrogens with one attached hydrogen (secondary N) is 1. The van der Waals surface area contributed by atoms with E-state index in [2.05, 4.69) is 4.98 Å². The topological polar surface area (TPSA) is 65.6 Å². The highest BCUT2D eigenvalue weighted by molar-refractivity contribution is 6.37. The first kappa shape index (κ1) is 12.7. The molecule has 2 rings (SSSR count). The molecule has 5 nitrogen and oxygen atoms in total. The predicted molar refractivity (Wildman–Crippen MR) is 67.9 cm³/mol. The molecule has 2 aromatic rings. The maximum Gasteiger partial charge on any atom is 0.243 e. The van der Waals surface area contributed by atoms with Gasteiger partial charge >= 0.3 is 0 Å². The van der Waals surface area contributed by atoms with Crippen molar-refractivity contribution < 1.29 is 14.7 Å². The van der Waals surface area contributed by atoms with E-state index < -0.39 is 5.91 Å². The monoisotopic (exact) mass is 268 g/mol. The van der Waals surface area contributed by atoms with Crippen molar-refractivity contribution in [1.82, 2.24) is 10.0 Å². The van der Waals surface area contributed by atoms with Gasteiger partial charge < -0.3 is 9.72 Å². The number of benzene rings is 1. The van der Waals surface area contributed by atoms with Crippen LogP contribution < -0.4 is 4.74 Å². The molecule has 1 aromatic heterocycles. The molecule has 96 valence electrons. The third kappa shape index (κ3) is 2.14. The van der Waals surface area contributed by atoms with Crippen molar-refractivity contribution in [3.05, 3.63) is 28.9 Å². The van der Waals surface area contributed by atoms with Gasteiger partial charge in [-0.1, -0.05) is 11.6 Å². The molecular weight excluding hydrogens is 256 g/mol. The summed E-state index contributed by atoms with van der Waals surface area (Å²) in [4.78, 5) is 14.1. The van der Waals surface area contributed by atoms with E-state index in [1.807, 2.05) is 6.07 Å². The van der Waals surface area contributed by atoms with Gasteiger partial charge in [0.2, 0.25) is 5.91 Å². The van der Waals surface area contributed by atoms with Gasteiger partial charge in [0.05, 0.1) is 18.7 Å². The van der Waals surface area contributed by atoms with Gasteiger partial charge in [-0.25, -0.2) is 5.06 Å². The minimum Gasteiger partial charge on any atom is -0.495 e. The normalized spacial score (nSPS) is 10.7. The maximum absolute atomic E-state index is 11.0. The van der Waals surface area contributed by atoms with Gasteiger partial charge in [0.25, 0.3) is 0 Å². The van der Waals surface area contributed by atoms with E-state index in [9.17, 15) is 10.0 Å². The molecule has 18 heavy (non-hydrogen) atoms. The van der Waals surface area contributed by atoms with Crippen molar-refractivity contribution in [3.8, 4) is 5.75 Å². The zero-order valence-electron chi connectivity index (χ0n) is 10.0. The van der Waals surface area contributed by atoms with Crippen LogP contribution in [-0.2, 0) is 11.3 Å². The number of ether oxygens (including phenoxy) is 1. The van der Waals surface area contributed by atoms with E-state index in [1.54, 1.807) is 12.3 Å². The summed E-state index contributed by atoms with van der Waals surface area (Å²) >= 11 is 6.22. The van der Waals surface area contributed by atoms with Gasteiger partial charge in [-0.05, 0) is 12.1 Å². The lowest BCUT2D eigenvalue weighted by molar-refractivity contribution is -0.165. The highest BCUT2D eigenvalue weighted by atomic mass is 35.5. The number of carbonyl (C=O) groups excluding carboxylic acids is 1. The maximum atomic E-state index is 11.0. The zero-order chi connectivity index (χ0) is 13.3. The van der Waals surface area contributed by atoms with Gasteiger partial charge in [0.15, 0.2) is 0 Å². The molecule has 1 amide bonds. The lowest BCUT2D eigenvalue weighted by atomic mass is 10.1. The molecule has 0 aliphatic carbocycles. The first-order valence-corrected chi connectivity index (χ1v) is 5.71. The Morgan fingerprint density at radius 3 is 2.89 bits per heavy atom. The highest BCUT2D eigenvalue weighted by Gasteiger charge is 2.14. The number of hydrogen-bond donors (Lipinski definition) is 2. The van der Waals surface area contributed by atoms with Crippen molar-refractivity contribution in [2.24, 2.45) is 0 Å². The van der Waals surface area contributed by atoms with Gasteiger partial charge in [-0.15, -0.1) is 0 Å². The molecule has 0 saturated carbocycles. The van der Waals surface area contributed by atoms with Crippen molar-refractivity contribution in [3.63, 3.8) is 0 Å². The molecule has 0 radical (unpaired) electrons. The Hall–Kier alpha value is -1.72. The number of aromatic amines is 1. The Labute approximate surface area is 109 Å². The second-order valence-electron chi connectivity index (χ2n) is 3.89. The zero-order valence-corrected chi connectivity index (χ0v) is 10.8. The van der Waals surface area contributed by atoms with Crippen LogP contribution >= 0.6 is 11.6 Å². The minimum absolute atomic E-state index is 0.0716. The third-order valence-electron chi connectivity index (χ3n) is 2.73. The Kier molecular flexibility index (Phi) is 3.45. The van der Waals surface area contributed by atoms with Crippen LogP contribution in [0.5, 0.6) is 5.75 Å². The van der Waals surface area contributed by atoms with Crippen LogP contribution in [0.1, 0.15) is 12.5 Å². The second kappa shape index (κ2) is 4.88. The summed E-state index contributed by atoms with van der Waals surface area (Å²) in [7, 11) is 1.54. The first-order chi connectivity index (χ1) is 8.54. The first-order valence-electron chi connectivity index (χ1n) is 5.34.